The third-order valence-corrected chi connectivity index (χ3v) is 6.36. The highest BCUT2D eigenvalue weighted by Crippen LogP contribution is 2.42. The predicted octanol–water partition coefficient (Wildman–Crippen LogP) is 2.94. The van der Waals surface area contributed by atoms with Crippen molar-refractivity contribution in [1.82, 2.24) is 4.90 Å². The fourth-order valence-corrected chi connectivity index (χ4v) is 5.17. The van der Waals surface area contributed by atoms with E-state index in [2.05, 4.69) is 6.58 Å². The number of hydrogen-bond acceptors (Lipinski definition) is 4. The molecule has 0 unspecified atom stereocenters. The zero-order valence-electron chi connectivity index (χ0n) is 14.0. The summed E-state index contributed by atoms with van der Waals surface area (Å²) in [6, 6.07) is 7.25. The lowest BCUT2D eigenvalue weighted by molar-refractivity contribution is 0.0240. The van der Waals surface area contributed by atoms with Crippen LogP contribution in [0.25, 0.3) is 0 Å². The van der Waals surface area contributed by atoms with Crippen molar-refractivity contribution in [2.75, 3.05) is 0 Å². The summed E-state index contributed by atoms with van der Waals surface area (Å²) in [6.45, 7) is 9.30. The van der Waals surface area contributed by atoms with Crippen molar-refractivity contribution in [3.05, 3.63) is 54.6 Å². The molecule has 128 valence electrons. The van der Waals surface area contributed by atoms with Gasteiger partial charge in [0.05, 0.1) is 17.0 Å². The van der Waals surface area contributed by atoms with Crippen LogP contribution < -0.4 is 0 Å². The maximum atomic E-state index is 13.0. The van der Waals surface area contributed by atoms with E-state index in [0.29, 0.717) is 5.57 Å². The molecular weight excluding hydrogens is 326 g/mol. The van der Waals surface area contributed by atoms with Crippen LogP contribution in [0.4, 0.5) is 4.79 Å². The summed E-state index contributed by atoms with van der Waals surface area (Å²) >= 11 is 0. The molecule has 3 rings (SSSR count). The number of nitrogens with zero attached hydrogens (tertiary/aromatic N) is 1. The molecule has 0 aromatic heterocycles. The molecule has 2 aliphatic heterocycles. The lowest BCUT2D eigenvalue weighted by Crippen LogP contribution is -2.43. The third-order valence-electron chi connectivity index (χ3n) is 4.18. The first kappa shape index (κ1) is 16.8. The fourth-order valence-electron chi connectivity index (χ4n) is 3.22. The highest BCUT2D eigenvalue weighted by Gasteiger charge is 2.54. The number of rotatable bonds is 2. The van der Waals surface area contributed by atoms with Crippen molar-refractivity contribution in [3.8, 4) is 0 Å². The van der Waals surface area contributed by atoms with Crippen LogP contribution in [-0.4, -0.2) is 42.3 Å². The van der Waals surface area contributed by atoms with Gasteiger partial charge in [-0.1, -0.05) is 36.9 Å². The molecule has 2 heterocycles. The molecule has 1 saturated heterocycles. The number of amides is 1. The molecule has 3 atom stereocenters. The molecule has 0 spiro atoms. The van der Waals surface area contributed by atoms with Crippen LogP contribution in [0.1, 0.15) is 20.8 Å². The molecular formula is C18H21NO4S. The first-order valence-electron chi connectivity index (χ1n) is 7.80. The van der Waals surface area contributed by atoms with Crippen LogP contribution in [-0.2, 0) is 14.6 Å². The molecule has 0 N–H and O–H groups in total. The Labute approximate surface area is 142 Å². The second kappa shape index (κ2) is 5.48. The van der Waals surface area contributed by atoms with Gasteiger partial charge in [0.1, 0.15) is 10.9 Å². The van der Waals surface area contributed by atoms with Crippen LogP contribution in [0.3, 0.4) is 0 Å². The molecule has 0 saturated carbocycles. The van der Waals surface area contributed by atoms with Gasteiger partial charge in [0.15, 0.2) is 9.84 Å². The Balaban J connectivity index is 1.94. The Morgan fingerprint density at radius 1 is 1.17 bits per heavy atom. The molecule has 1 aromatic rings. The Kier molecular flexibility index (Phi) is 3.83. The van der Waals surface area contributed by atoms with E-state index in [9.17, 15) is 13.2 Å². The molecule has 1 amide bonds. The number of ether oxygens (including phenoxy) is 1. The zero-order valence-corrected chi connectivity index (χ0v) is 14.8. The maximum Gasteiger partial charge on any atom is 0.411 e. The summed E-state index contributed by atoms with van der Waals surface area (Å²) in [6.07, 6.45) is 3.05. The van der Waals surface area contributed by atoms with E-state index >= 15 is 0 Å². The summed E-state index contributed by atoms with van der Waals surface area (Å²) < 4.78 is 31.5. The molecule has 2 aliphatic rings. The van der Waals surface area contributed by atoms with Gasteiger partial charge in [-0.2, -0.15) is 0 Å². The van der Waals surface area contributed by atoms with E-state index in [-0.39, 0.29) is 4.90 Å². The highest BCUT2D eigenvalue weighted by atomic mass is 32.2. The van der Waals surface area contributed by atoms with Gasteiger partial charge in [0.25, 0.3) is 0 Å². The maximum absolute atomic E-state index is 13.0. The lowest BCUT2D eigenvalue weighted by atomic mass is 10.0. The number of benzene rings is 1. The van der Waals surface area contributed by atoms with Crippen LogP contribution in [0, 0.1) is 0 Å². The number of carbonyl (C=O) groups excluding carboxylic acids is 1. The fraction of sp³-hybridized carbons (Fsp3) is 0.389. The van der Waals surface area contributed by atoms with Gasteiger partial charge in [0, 0.05) is 0 Å². The van der Waals surface area contributed by atoms with Crippen molar-refractivity contribution < 1.29 is 17.9 Å². The van der Waals surface area contributed by atoms with Crippen molar-refractivity contribution in [2.45, 2.75) is 48.6 Å². The third kappa shape index (κ3) is 2.65. The van der Waals surface area contributed by atoms with E-state index in [4.69, 9.17) is 4.74 Å². The van der Waals surface area contributed by atoms with Crippen LogP contribution in [0.2, 0.25) is 0 Å². The van der Waals surface area contributed by atoms with E-state index in [1.54, 1.807) is 57.2 Å². The summed E-state index contributed by atoms with van der Waals surface area (Å²) in [5, 5.41) is -0.845. The number of fused-ring (bicyclic) bond motifs is 2. The van der Waals surface area contributed by atoms with E-state index in [1.807, 2.05) is 6.08 Å². The summed E-state index contributed by atoms with van der Waals surface area (Å²) in [7, 11) is -3.63. The summed E-state index contributed by atoms with van der Waals surface area (Å²) in [4.78, 5) is 14.2. The Hall–Kier alpha value is -2.08. The van der Waals surface area contributed by atoms with Crippen molar-refractivity contribution in [1.29, 1.82) is 0 Å². The van der Waals surface area contributed by atoms with E-state index in [0.717, 1.165) is 0 Å². The van der Waals surface area contributed by atoms with Gasteiger partial charge >= 0.3 is 6.09 Å². The van der Waals surface area contributed by atoms with Crippen LogP contribution in [0.5, 0.6) is 0 Å². The average molecular weight is 347 g/mol. The number of sulfone groups is 1. The number of hydrogen-bond donors (Lipinski definition) is 0. The minimum Gasteiger partial charge on any atom is -0.444 e. The van der Waals surface area contributed by atoms with Crippen molar-refractivity contribution in [3.63, 3.8) is 0 Å². The standard InChI is InChI=1S/C18H21NO4S/c1-12-14-10-11-15(19(14)17(20)23-18(2,3)4)16(12)24(21,22)13-8-6-5-7-9-13/h5-11,14-16H,1H2,2-4H3/t14-,15+,16+/m1/s1. The van der Waals surface area contributed by atoms with Crippen molar-refractivity contribution in [2.24, 2.45) is 0 Å². The molecule has 6 heteroatoms. The molecule has 5 nitrogen and oxygen atoms in total. The van der Waals surface area contributed by atoms with Gasteiger partial charge in [-0.15, -0.1) is 0 Å². The summed E-state index contributed by atoms with van der Waals surface area (Å²) in [5.41, 5.74) is -0.133. The molecule has 0 radical (unpaired) electrons. The largest absolute Gasteiger partial charge is 0.444 e. The molecule has 1 fully saturated rings. The molecule has 2 bridgehead atoms. The topological polar surface area (TPSA) is 63.7 Å². The first-order chi connectivity index (χ1) is 11.1. The Morgan fingerprint density at radius 2 is 1.79 bits per heavy atom. The van der Waals surface area contributed by atoms with Crippen LogP contribution in [0.15, 0.2) is 59.5 Å². The zero-order chi connectivity index (χ0) is 17.7. The normalized spacial score (nSPS) is 26.0. The summed E-state index contributed by atoms with van der Waals surface area (Å²) in [5.74, 6) is 0. The Morgan fingerprint density at radius 3 is 2.38 bits per heavy atom. The predicted molar refractivity (Wildman–Crippen MR) is 91.3 cm³/mol. The number of carbonyl (C=O) groups is 1. The van der Waals surface area contributed by atoms with Gasteiger partial charge in [-0.25, -0.2) is 13.2 Å². The minimum absolute atomic E-state index is 0.237. The minimum atomic E-state index is -3.63. The van der Waals surface area contributed by atoms with Gasteiger partial charge in [0.2, 0.25) is 0 Å². The van der Waals surface area contributed by atoms with Crippen molar-refractivity contribution >= 4 is 15.9 Å². The van der Waals surface area contributed by atoms with Crippen LogP contribution >= 0.6 is 0 Å². The molecule has 24 heavy (non-hydrogen) atoms. The van der Waals surface area contributed by atoms with Gasteiger partial charge < -0.3 is 4.74 Å². The smallest absolute Gasteiger partial charge is 0.411 e. The molecule has 1 aromatic carbocycles. The van der Waals surface area contributed by atoms with E-state index in [1.165, 1.54) is 4.90 Å². The quantitative estimate of drug-likeness (QED) is 0.772. The second-order valence-electron chi connectivity index (χ2n) is 7.06. The Bertz CT molecular complexity index is 805. The SMILES string of the molecule is C=C1[C@H]2C=C[C@@H]([C@H]1S(=O)(=O)c1ccccc1)N2C(=O)OC(C)(C)C. The van der Waals surface area contributed by atoms with Gasteiger partial charge in [-0.3, -0.25) is 4.90 Å². The first-order valence-corrected chi connectivity index (χ1v) is 9.35. The monoisotopic (exact) mass is 347 g/mol. The highest BCUT2D eigenvalue weighted by molar-refractivity contribution is 7.92. The lowest BCUT2D eigenvalue weighted by Gasteiger charge is -2.27. The van der Waals surface area contributed by atoms with E-state index < -0.39 is 38.9 Å². The average Bonchev–Trinajstić information content (AvgIpc) is 3.02. The van der Waals surface area contributed by atoms with Gasteiger partial charge in [-0.05, 0) is 38.5 Å². The molecule has 0 aliphatic carbocycles. The second-order valence-corrected chi connectivity index (χ2v) is 9.13.